The first-order valence-electron chi connectivity index (χ1n) is 7.41. The molecule has 1 aliphatic carbocycles. The number of carbonyl (C=O) groups is 1. The van der Waals surface area contributed by atoms with Crippen LogP contribution in [-0.2, 0) is 4.79 Å². The van der Waals surface area contributed by atoms with Gasteiger partial charge in [0.1, 0.15) is 6.04 Å². The fourth-order valence-electron chi connectivity index (χ4n) is 2.69. The third kappa shape index (κ3) is 5.49. The van der Waals surface area contributed by atoms with Gasteiger partial charge in [0, 0.05) is 0 Å². The molecule has 1 rings (SSSR count). The Bertz CT molecular complexity index is 247. The summed E-state index contributed by atoms with van der Waals surface area (Å²) in [5.41, 5.74) is 11.9. The first-order chi connectivity index (χ1) is 8.50. The van der Waals surface area contributed by atoms with E-state index in [9.17, 15) is 4.79 Å². The van der Waals surface area contributed by atoms with Crippen molar-refractivity contribution in [2.75, 3.05) is 0 Å². The van der Waals surface area contributed by atoms with Crippen LogP contribution in [0.1, 0.15) is 65.2 Å². The molecule has 0 saturated heterocycles. The summed E-state index contributed by atoms with van der Waals surface area (Å²) in [6, 6.07) is 0.104. The van der Waals surface area contributed by atoms with Crippen molar-refractivity contribution < 1.29 is 4.79 Å². The summed E-state index contributed by atoms with van der Waals surface area (Å²) in [7, 11) is 0. The number of rotatable bonds is 7. The van der Waals surface area contributed by atoms with E-state index >= 15 is 0 Å². The summed E-state index contributed by atoms with van der Waals surface area (Å²) in [6.07, 6.45) is 8.85. The van der Waals surface area contributed by atoms with Crippen LogP contribution in [-0.4, -0.2) is 11.8 Å². The van der Waals surface area contributed by atoms with E-state index in [0.717, 1.165) is 12.8 Å². The molecule has 0 aliphatic heterocycles. The van der Waals surface area contributed by atoms with Crippen LogP contribution in [0, 0.1) is 17.9 Å². The van der Waals surface area contributed by atoms with Crippen molar-refractivity contribution in [3.8, 4) is 0 Å². The van der Waals surface area contributed by atoms with Gasteiger partial charge in [0.15, 0.2) is 5.78 Å². The molecule has 1 atom stereocenters. The zero-order chi connectivity index (χ0) is 13.5. The van der Waals surface area contributed by atoms with Gasteiger partial charge in [0.05, 0.1) is 6.04 Å². The van der Waals surface area contributed by atoms with E-state index in [1.165, 1.54) is 32.1 Å². The average molecular weight is 253 g/mol. The Morgan fingerprint density at radius 2 is 1.83 bits per heavy atom. The van der Waals surface area contributed by atoms with Gasteiger partial charge in [0.25, 0.3) is 0 Å². The minimum absolute atomic E-state index is 0.0128. The Balaban J connectivity index is 2.30. The van der Waals surface area contributed by atoms with E-state index in [0.29, 0.717) is 24.3 Å². The third-order valence-corrected chi connectivity index (χ3v) is 3.96. The molecule has 1 aliphatic rings. The molecule has 4 N–H and O–H groups in total. The van der Waals surface area contributed by atoms with E-state index in [4.69, 9.17) is 11.5 Å². The van der Waals surface area contributed by atoms with Crippen molar-refractivity contribution in [2.45, 2.75) is 71.3 Å². The molecular weight excluding hydrogens is 224 g/mol. The number of Topliss-reactive ketones (excluding diaryl/α,β-unsaturated/α-hetero) is 1. The molecule has 18 heavy (non-hydrogen) atoms. The van der Waals surface area contributed by atoms with Crippen molar-refractivity contribution in [1.29, 1.82) is 0 Å². The quantitative estimate of drug-likeness (QED) is 0.733. The maximum Gasteiger partial charge on any atom is 0.171 e. The molecule has 1 fully saturated rings. The van der Waals surface area contributed by atoms with Crippen molar-refractivity contribution in [3.05, 3.63) is 6.04 Å². The van der Waals surface area contributed by atoms with Gasteiger partial charge in [-0.3, -0.25) is 4.79 Å². The van der Waals surface area contributed by atoms with Crippen LogP contribution in [0.15, 0.2) is 0 Å². The van der Waals surface area contributed by atoms with Crippen LogP contribution in [0.4, 0.5) is 0 Å². The average Bonchev–Trinajstić information content (AvgIpc) is 2.36. The monoisotopic (exact) mass is 253 g/mol. The van der Waals surface area contributed by atoms with Gasteiger partial charge in [-0.15, -0.1) is 0 Å². The topological polar surface area (TPSA) is 69.1 Å². The lowest BCUT2D eigenvalue weighted by Gasteiger charge is -2.25. The number of nitrogens with two attached hydrogens (primary N) is 2. The Kier molecular flexibility index (Phi) is 6.87. The second kappa shape index (κ2) is 7.90. The normalized spacial score (nSPS) is 19.4. The lowest BCUT2D eigenvalue weighted by molar-refractivity contribution is -0.119. The summed E-state index contributed by atoms with van der Waals surface area (Å²) >= 11 is 0. The van der Waals surface area contributed by atoms with Crippen molar-refractivity contribution >= 4 is 5.78 Å². The zero-order valence-corrected chi connectivity index (χ0v) is 12.0. The van der Waals surface area contributed by atoms with Crippen LogP contribution in [0.3, 0.4) is 0 Å². The standard InChI is InChI=1S/C15H29N2O/c1-11(2)8-9-13(16)15(18)14(17)10-12-6-4-3-5-7-12/h11-12,14H,3-10,16-17H2,1-2H3/t14-/m0/s1. The van der Waals surface area contributed by atoms with E-state index in [-0.39, 0.29) is 11.8 Å². The molecule has 3 nitrogen and oxygen atoms in total. The van der Waals surface area contributed by atoms with E-state index in [2.05, 4.69) is 13.8 Å². The van der Waals surface area contributed by atoms with Gasteiger partial charge < -0.3 is 11.5 Å². The van der Waals surface area contributed by atoms with E-state index in [1.54, 1.807) is 0 Å². The Labute approximate surface area is 112 Å². The van der Waals surface area contributed by atoms with Gasteiger partial charge in [-0.25, -0.2) is 0 Å². The van der Waals surface area contributed by atoms with Crippen molar-refractivity contribution in [3.63, 3.8) is 0 Å². The summed E-state index contributed by atoms with van der Waals surface area (Å²) < 4.78 is 0. The third-order valence-electron chi connectivity index (χ3n) is 3.96. The van der Waals surface area contributed by atoms with Gasteiger partial charge in [-0.05, 0) is 31.1 Å². The largest absolute Gasteiger partial charge is 0.321 e. The molecule has 1 saturated carbocycles. The maximum absolute atomic E-state index is 12.0. The minimum Gasteiger partial charge on any atom is -0.321 e. The van der Waals surface area contributed by atoms with Crippen LogP contribution in [0.5, 0.6) is 0 Å². The van der Waals surface area contributed by atoms with Gasteiger partial charge in [-0.1, -0.05) is 46.0 Å². The molecule has 1 radical (unpaired) electrons. The fraction of sp³-hybridized carbons (Fsp3) is 0.867. The molecule has 105 valence electrons. The number of carbonyl (C=O) groups excluding carboxylic acids is 1. The van der Waals surface area contributed by atoms with Crippen LogP contribution >= 0.6 is 0 Å². The van der Waals surface area contributed by atoms with Crippen LogP contribution in [0.25, 0.3) is 0 Å². The molecule has 0 aromatic rings. The van der Waals surface area contributed by atoms with Crippen LogP contribution in [0.2, 0.25) is 0 Å². The molecule has 0 spiro atoms. The van der Waals surface area contributed by atoms with Crippen molar-refractivity contribution in [2.24, 2.45) is 23.3 Å². The molecule has 0 aromatic heterocycles. The van der Waals surface area contributed by atoms with E-state index in [1.807, 2.05) is 0 Å². The first kappa shape index (κ1) is 15.6. The lowest BCUT2D eigenvalue weighted by atomic mass is 9.83. The molecular formula is C15H29N2O. The molecule has 0 amide bonds. The predicted octanol–water partition coefficient (Wildman–Crippen LogP) is 2.78. The molecule has 0 heterocycles. The molecule has 3 heteroatoms. The highest BCUT2D eigenvalue weighted by Gasteiger charge is 2.25. The SMILES string of the molecule is CC(C)CC[C](N)C(=O)[C@@H](N)CC1CCCCC1. The summed E-state index contributed by atoms with van der Waals surface area (Å²) in [5, 5.41) is 0. The Hall–Kier alpha value is -0.410. The highest BCUT2D eigenvalue weighted by molar-refractivity contribution is 5.95. The highest BCUT2D eigenvalue weighted by atomic mass is 16.1. The van der Waals surface area contributed by atoms with E-state index < -0.39 is 0 Å². The second-order valence-electron chi connectivity index (χ2n) is 6.17. The fourth-order valence-corrected chi connectivity index (χ4v) is 2.69. The number of ketones is 1. The number of hydrogen-bond acceptors (Lipinski definition) is 3. The number of hydrogen-bond donors (Lipinski definition) is 2. The minimum atomic E-state index is -0.375. The predicted molar refractivity (Wildman–Crippen MR) is 75.7 cm³/mol. The van der Waals surface area contributed by atoms with Crippen LogP contribution < -0.4 is 11.5 Å². The van der Waals surface area contributed by atoms with Gasteiger partial charge in [-0.2, -0.15) is 0 Å². The maximum atomic E-state index is 12.0. The van der Waals surface area contributed by atoms with Gasteiger partial charge >= 0.3 is 0 Å². The highest BCUT2D eigenvalue weighted by Crippen LogP contribution is 2.27. The molecule has 0 aromatic carbocycles. The second-order valence-corrected chi connectivity index (χ2v) is 6.17. The molecule has 0 bridgehead atoms. The Morgan fingerprint density at radius 1 is 1.22 bits per heavy atom. The van der Waals surface area contributed by atoms with Crippen molar-refractivity contribution in [1.82, 2.24) is 0 Å². The smallest absolute Gasteiger partial charge is 0.171 e. The first-order valence-corrected chi connectivity index (χ1v) is 7.41. The van der Waals surface area contributed by atoms with Gasteiger partial charge in [0.2, 0.25) is 0 Å². The summed E-state index contributed by atoms with van der Waals surface area (Å²) in [6.45, 7) is 4.28. The Morgan fingerprint density at radius 3 is 2.39 bits per heavy atom. The summed E-state index contributed by atoms with van der Waals surface area (Å²) in [5.74, 6) is 1.20. The zero-order valence-electron chi connectivity index (χ0n) is 12.0. The summed E-state index contributed by atoms with van der Waals surface area (Å²) in [4.78, 5) is 12.0. The lowest BCUT2D eigenvalue weighted by Crippen LogP contribution is -2.39. The molecule has 0 unspecified atom stereocenters.